The van der Waals surface area contributed by atoms with Crippen LogP contribution in [0.5, 0.6) is 5.75 Å². The predicted molar refractivity (Wildman–Crippen MR) is 125 cm³/mol. The van der Waals surface area contributed by atoms with Gasteiger partial charge in [0.25, 0.3) is 0 Å². The Kier molecular flexibility index (Phi) is 7.78. The summed E-state index contributed by atoms with van der Waals surface area (Å²) in [5.41, 5.74) is 3.01. The number of unbranched alkanes of at least 4 members (excludes halogenated alkanes) is 5. The zero-order chi connectivity index (χ0) is 21.7. The van der Waals surface area contributed by atoms with Crippen LogP contribution in [0.25, 0.3) is 0 Å². The molecule has 31 heavy (non-hydrogen) atoms. The predicted octanol–water partition coefficient (Wildman–Crippen LogP) is 6.43. The Labute approximate surface area is 194 Å². The Morgan fingerprint density at radius 2 is 1.90 bits per heavy atom. The van der Waals surface area contributed by atoms with E-state index < -0.39 is 0 Å². The summed E-state index contributed by atoms with van der Waals surface area (Å²) in [5.74, 6) is 3.52. The van der Waals surface area contributed by atoms with Crippen molar-refractivity contribution < 1.29 is 9.53 Å². The fourth-order valence-corrected chi connectivity index (χ4v) is 7.56. The van der Waals surface area contributed by atoms with Gasteiger partial charge in [-0.15, -0.1) is 0 Å². The molecule has 168 valence electrons. The van der Waals surface area contributed by atoms with Gasteiger partial charge in [0.1, 0.15) is 5.78 Å². The van der Waals surface area contributed by atoms with Crippen LogP contribution in [0.1, 0.15) is 94.6 Å². The standard InChI is InChI=1S/C27H37NO2Se/c1-27-15-14-23-22-11-9-21(30-16-6-4-2-3-5-7-17-31-19-28)18-20(22)8-10-24(23)25(27)12-13-26(27)29/h9,11,18,23-25H,2-8,10,12-17H2,1H3/t23-,24-,25+,27+/m1/s1. The summed E-state index contributed by atoms with van der Waals surface area (Å²) in [4.78, 5) is 14.8. The molecule has 0 aromatic heterocycles. The van der Waals surface area contributed by atoms with Crippen LogP contribution in [0.2, 0.25) is 5.32 Å². The summed E-state index contributed by atoms with van der Waals surface area (Å²) in [7, 11) is 0. The molecule has 3 aliphatic rings. The molecule has 3 aliphatic carbocycles. The quantitative estimate of drug-likeness (QED) is 0.283. The Morgan fingerprint density at radius 3 is 2.74 bits per heavy atom. The van der Waals surface area contributed by atoms with Crippen molar-refractivity contribution in [2.75, 3.05) is 6.61 Å². The van der Waals surface area contributed by atoms with Crippen LogP contribution in [-0.4, -0.2) is 27.3 Å². The Hall–Kier alpha value is -1.30. The first-order chi connectivity index (χ1) is 15.1. The number of aryl methyl sites for hydroxylation is 1. The molecule has 0 aliphatic heterocycles. The van der Waals surface area contributed by atoms with Gasteiger partial charge < -0.3 is 0 Å². The fourth-order valence-electron chi connectivity index (χ4n) is 6.64. The average Bonchev–Trinajstić information content (AvgIpc) is 3.09. The first-order valence-corrected chi connectivity index (χ1v) is 14.5. The molecule has 1 aromatic rings. The molecule has 1 aromatic carbocycles. The van der Waals surface area contributed by atoms with Gasteiger partial charge in [-0.2, -0.15) is 0 Å². The molecule has 0 radical (unpaired) electrons. The van der Waals surface area contributed by atoms with E-state index in [2.05, 4.69) is 30.1 Å². The van der Waals surface area contributed by atoms with Crippen molar-refractivity contribution in [1.82, 2.24) is 0 Å². The normalized spacial score (nSPS) is 29.0. The van der Waals surface area contributed by atoms with Crippen LogP contribution >= 0.6 is 0 Å². The van der Waals surface area contributed by atoms with Crippen molar-refractivity contribution in [2.24, 2.45) is 17.3 Å². The second-order valence-electron chi connectivity index (χ2n) is 10.1. The summed E-state index contributed by atoms with van der Waals surface area (Å²) in [5, 5.41) is 9.70. The average molecular weight is 487 g/mol. The number of fused-ring (bicyclic) bond motifs is 5. The number of rotatable bonds is 10. The third-order valence-electron chi connectivity index (χ3n) is 8.38. The first kappa shape index (κ1) is 22.9. The van der Waals surface area contributed by atoms with Crippen molar-refractivity contribution in [2.45, 2.75) is 95.2 Å². The van der Waals surface area contributed by atoms with Crippen LogP contribution in [-0.2, 0) is 11.2 Å². The second kappa shape index (κ2) is 10.5. The minimum atomic E-state index is -0.0286. The van der Waals surface area contributed by atoms with E-state index in [1.54, 1.807) is 5.56 Å². The number of carbonyl (C=O) groups excluding carboxylic acids is 1. The molecule has 4 rings (SSSR count). The molecule has 0 amide bonds. The van der Waals surface area contributed by atoms with E-state index in [1.165, 1.54) is 50.5 Å². The number of ether oxygens (including phenoxy) is 1. The molecule has 0 heterocycles. The number of nitriles is 1. The van der Waals surface area contributed by atoms with Crippen molar-refractivity contribution in [1.29, 1.82) is 5.26 Å². The molecule has 4 heteroatoms. The van der Waals surface area contributed by atoms with E-state index >= 15 is 0 Å². The molecular weight excluding hydrogens is 449 g/mol. The summed E-state index contributed by atoms with van der Waals surface area (Å²) >= 11 is 0.205. The molecule has 0 bridgehead atoms. The molecule has 0 spiro atoms. The summed E-state index contributed by atoms with van der Waals surface area (Å²) in [6, 6.07) is 6.82. The molecule has 4 atom stereocenters. The van der Waals surface area contributed by atoms with Gasteiger partial charge in [-0.3, -0.25) is 4.79 Å². The Balaban J connectivity index is 1.23. The SMILES string of the molecule is C[C@]12CC[C@@H]3c4ccc(OCCCCCCCC[Se]C#N)cc4CC[C@H]3[C@@H]1CCC2=O. The third kappa shape index (κ3) is 5.04. The van der Waals surface area contributed by atoms with Gasteiger partial charge in [0.05, 0.1) is 0 Å². The van der Waals surface area contributed by atoms with Gasteiger partial charge in [-0.05, 0) is 55.4 Å². The smallest absolute Gasteiger partial charge is 0.299 e. The molecule has 0 unspecified atom stereocenters. The molecule has 2 fully saturated rings. The Bertz CT molecular complexity index is 816. The van der Waals surface area contributed by atoms with Gasteiger partial charge in [0, 0.05) is 11.8 Å². The molecular formula is C27H37NO2Se. The molecule has 2 saturated carbocycles. The maximum absolute atomic E-state index is 12.5. The first-order valence-electron chi connectivity index (χ1n) is 12.4. The van der Waals surface area contributed by atoms with E-state index in [0.717, 1.165) is 49.8 Å². The summed E-state index contributed by atoms with van der Waals surface area (Å²) in [6.45, 7) is 3.07. The van der Waals surface area contributed by atoms with Crippen molar-refractivity contribution in [3.8, 4) is 10.7 Å². The van der Waals surface area contributed by atoms with Gasteiger partial charge in [-0.1, -0.05) is 6.92 Å². The van der Waals surface area contributed by atoms with Crippen LogP contribution in [0.3, 0.4) is 0 Å². The number of carbonyl (C=O) groups is 1. The zero-order valence-electron chi connectivity index (χ0n) is 19.0. The summed E-state index contributed by atoms with van der Waals surface area (Å²) < 4.78 is 6.09. The van der Waals surface area contributed by atoms with E-state index in [1.807, 2.05) is 0 Å². The minimum absolute atomic E-state index is 0.0286. The number of nitrogens with zero attached hydrogens (tertiary/aromatic N) is 1. The van der Waals surface area contributed by atoms with Gasteiger partial charge >= 0.3 is 110 Å². The number of Topliss-reactive ketones (excluding diaryl/α,β-unsaturated/α-hetero) is 1. The van der Waals surface area contributed by atoms with E-state index in [9.17, 15) is 4.79 Å². The maximum atomic E-state index is 12.5. The van der Waals surface area contributed by atoms with Gasteiger partial charge in [0.15, 0.2) is 0 Å². The molecule has 3 nitrogen and oxygen atoms in total. The van der Waals surface area contributed by atoms with Crippen LogP contribution in [0.15, 0.2) is 18.2 Å². The molecule has 0 N–H and O–H groups in total. The van der Waals surface area contributed by atoms with Gasteiger partial charge in [0.2, 0.25) is 0 Å². The topological polar surface area (TPSA) is 50.1 Å². The van der Waals surface area contributed by atoms with E-state index in [-0.39, 0.29) is 20.4 Å². The second-order valence-corrected chi connectivity index (χ2v) is 11.9. The van der Waals surface area contributed by atoms with Crippen molar-refractivity contribution in [3.05, 3.63) is 29.3 Å². The van der Waals surface area contributed by atoms with Crippen LogP contribution in [0, 0.1) is 27.5 Å². The van der Waals surface area contributed by atoms with Crippen molar-refractivity contribution in [3.63, 3.8) is 0 Å². The minimum Gasteiger partial charge on any atom is -0.299 e. The fraction of sp³-hybridized carbons (Fsp3) is 0.704. The third-order valence-corrected chi connectivity index (χ3v) is 9.69. The zero-order valence-corrected chi connectivity index (χ0v) is 20.7. The number of hydrogen-bond acceptors (Lipinski definition) is 3. The van der Waals surface area contributed by atoms with Crippen molar-refractivity contribution >= 4 is 20.7 Å². The van der Waals surface area contributed by atoms with E-state index in [0.29, 0.717) is 23.5 Å². The van der Waals surface area contributed by atoms with Crippen LogP contribution in [0.4, 0.5) is 0 Å². The number of hydrogen-bond donors (Lipinski definition) is 0. The van der Waals surface area contributed by atoms with Crippen LogP contribution < -0.4 is 4.74 Å². The van der Waals surface area contributed by atoms with Gasteiger partial charge in [-0.25, -0.2) is 0 Å². The molecule has 0 saturated heterocycles. The number of benzene rings is 1. The van der Waals surface area contributed by atoms with E-state index in [4.69, 9.17) is 10.00 Å². The number of ketones is 1. The monoisotopic (exact) mass is 487 g/mol. The summed E-state index contributed by atoms with van der Waals surface area (Å²) in [6.07, 6.45) is 14.0. The Morgan fingerprint density at radius 1 is 1.10 bits per heavy atom.